The van der Waals surface area contributed by atoms with Crippen LogP contribution in [0.5, 0.6) is 5.75 Å². The average Bonchev–Trinajstić information content (AvgIpc) is 2.85. The zero-order valence-electron chi connectivity index (χ0n) is 19.0. The zero-order valence-corrected chi connectivity index (χ0v) is 20.5. The lowest BCUT2D eigenvalue weighted by atomic mass is 9.83. The number of hydrogen-bond donors (Lipinski definition) is 0. The average molecular weight is 491 g/mol. The Morgan fingerprint density at radius 3 is 2.27 bits per heavy atom. The highest BCUT2D eigenvalue weighted by Gasteiger charge is 2.31. The smallest absolute Gasteiger partial charge is 0.243 e. The number of piperidine rings is 2. The van der Waals surface area contributed by atoms with Crippen LogP contribution in [0.15, 0.2) is 47.4 Å². The van der Waals surface area contributed by atoms with Gasteiger partial charge in [-0.05, 0) is 74.3 Å². The van der Waals surface area contributed by atoms with Gasteiger partial charge in [0.1, 0.15) is 5.75 Å². The van der Waals surface area contributed by atoms with Crippen molar-refractivity contribution in [3.05, 3.63) is 53.1 Å². The summed E-state index contributed by atoms with van der Waals surface area (Å²) in [5.74, 6) is 1.79. The van der Waals surface area contributed by atoms with Crippen molar-refractivity contribution in [3.63, 3.8) is 0 Å². The summed E-state index contributed by atoms with van der Waals surface area (Å²) >= 11 is 6.19. The molecule has 2 aliphatic heterocycles. The monoisotopic (exact) mass is 490 g/mol. The summed E-state index contributed by atoms with van der Waals surface area (Å²) < 4.78 is 32.8. The molecule has 0 aliphatic carbocycles. The first-order valence-electron chi connectivity index (χ1n) is 11.5. The first-order chi connectivity index (χ1) is 15.9. The molecule has 33 heavy (non-hydrogen) atoms. The number of ether oxygens (including phenoxy) is 1. The van der Waals surface area contributed by atoms with E-state index in [-0.39, 0.29) is 0 Å². The minimum atomic E-state index is -3.48. The Bertz CT molecular complexity index is 1080. The van der Waals surface area contributed by atoms with Crippen molar-refractivity contribution in [1.82, 2.24) is 4.31 Å². The third-order valence-corrected chi connectivity index (χ3v) is 9.23. The third-order valence-electron chi connectivity index (χ3n) is 7.01. The fourth-order valence-electron chi connectivity index (χ4n) is 5.00. The molecule has 0 N–H and O–H groups in total. The van der Waals surface area contributed by atoms with E-state index in [0.717, 1.165) is 57.2 Å². The Morgan fingerprint density at radius 2 is 1.67 bits per heavy atom. The number of aldehydes is 1. The van der Waals surface area contributed by atoms with Gasteiger partial charge in [0.25, 0.3) is 0 Å². The van der Waals surface area contributed by atoms with E-state index in [1.807, 2.05) is 12.1 Å². The van der Waals surface area contributed by atoms with Crippen LogP contribution in [0.25, 0.3) is 0 Å². The quantitative estimate of drug-likeness (QED) is 0.518. The number of halogens is 1. The molecule has 2 aromatic rings. The van der Waals surface area contributed by atoms with Gasteiger partial charge in [0.15, 0.2) is 6.29 Å². The van der Waals surface area contributed by atoms with E-state index >= 15 is 0 Å². The largest absolute Gasteiger partial charge is 0.497 e. The predicted octanol–water partition coefficient (Wildman–Crippen LogP) is 4.87. The maximum absolute atomic E-state index is 13.0. The number of carbonyl (C=O) groups is 1. The van der Waals surface area contributed by atoms with E-state index in [0.29, 0.717) is 46.2 Å². The molecule has 2 heterocycles. The van der Waals surface area contributed by atoms with Crippen molar-refractivity contribution < 1.29 is 17.9 Å². The van der Waals surface area contributed by atoms with Crippen molar-refractivity contribution in [1.29, 1.82) is 0 Å². The van der Waals surface area contributed by atoms with E-state index in [9.17, 15) is 13.2 Å². The number of sulfonamides is 1. The lowest BCUT2D eigenvalue weighted by Crippen LogP contribution is -2.39. The number of anilines is 1. The molecule has 6 nitrogen and oxygen atoms in total. The SMILES string of the molecule is COc1cccc(S(=O)(=O)N2CCC(CC3CCN(c4ccc(C=O)c(Cl)c4)CC3)CC2)c1. The minimum Gasteiger partial charge on any atom is -0.497 e. The number of nitrogens with zero attached hydrogens (tertiary/aromatic N) is 2. The molecule has 178 valence electrons. The third kappa shape index (κ3) is 5.53. The number of hydrogen-bond acceptors (Lipinski definition) is 5. The van der Waals surface area contributed by atoms with Crippen LogP contribution in [0.3, 0.4) is 0 Å². The van der Waals surface area contributed by atoms with Gasteiger partial charge in [-0.25, -0.2) is 8.42 Å². The topological polar surface area (TPSA) is 66.9 Å². The molecule has 0 unspecified atom stereocenters. The maximum atomic E-state index is 13.0. The highest BCUT2D eigenvalue weighted by Crippen LogP contribution is 2.34. The van der Waals surface area contributed by atoms with Gasteiger partial charge < -0.3 is 9.64 Å². The van der Waals surface area contributed by atoms with E-state index < -0.39 is 10.0 Å². The van der Waals surface area contributed by atoms with Crippen LogP contribution in [0.1, 0.15) is 42.5 Å². The second kappa shape index (κ2) is 10.5. The molecule has 0 saturated carbocycles. The van der Waals surface area contributed by atoms with E-state index in [1.165, 1.54) is 0 Å². The van der Waals surface area contributed by atoms with Gasteiger partial charge in [0.2, 0.25) is 10.0 Å². The maximum Gasteiger partial charge on any atom is 0.243 e. The van der Waals surface area contributed by atoms with Crippen molar-refractivity contribution in [2.24, 2.45) is 11.8 Å². The summed E-state index contributed by atoms with van der Waals surface area (Å²) in [4.78, 5) is 13.6. The number of methoxy groups -OCH3 is 1. The lowest BCUT2D eigenvalue weighted by Gasteiger charge is -2.37. The Kier molecular flexibility index (Phi) is 7.62. The van der Waals surface area contributed by atoms with Crippen molar-refractivity contribution in [2.75, 3.05) is 38.2 Å². The Labute approximate surface area is 201 Å². The molecule has 0 bridgehead atoms. The van der Waals surface area contributed by atoms with Gasteiger partial charge in [0, 0.05) is 43.5 Å². The highest BCUT2D eigenvalue weighted by atomic mass is 35.5. The van der Waals surface area contributed by atoms with Gasteiger partial charge in [-0.15, -0.1) is 0 Å². The fraction of sp³-hybridized carbons (Fsp3) is 0.480. The van der Waals surface area contributed by atoms with Crippen LogP contribution in [0.2, 0.25) is 5.02 Å². The first kappa shape index (κ1) is 24.0. The molecule has 2 aliphatic rings. The lowest BCUT2D eigenvalue weighted by molar-refractivity contribution is 0.112. The molecule has 2 fully saturated rings. The van der Waals surface area contributed by atoms with Crippen LogP contribution < -0.4 is 9.64 Å². The molecule has 0 radical (unpaired) electrons. The number of rotatable bonds is 7. The summed E-state index contributed by atoms with van der Waals surface area (Å²) in [6.07, 6.45) is 6.00. The summed E-state index contributed by atoms with van der Waals surface area (Å²) in [5.41, 5.74) is 1.59. The molecular formula is C25H31ClN2O4S. The molecular weight excluding hydrogens is 460 g/mol. The number of carbonyl (C=O) groups excluding carboxylic acids is 1. The van der Waals surface area contributed by atoms with Gasteiger partial charge >= 0.3 is 0 Å². The van der Waals surface area contributed by atoms with E-state index in [2.05, 4.69) is 4.90 Å². The molecule has 2 saturated heterocycles. The molecule has 2 aromatic carbocycles. The second-order valence-corrected chi connectivity index (χ2v) is 11.4. The van der Waals surface area contributed by atoms with Crippen LogP contribution in [-0.2, 0) is 10.0 Å². The van der Waals surface area contributed by atoms with Gasteiger partial charge in [-0.3, -0.25) is 4.79 Å². The second-order valence-electron chi connectivity index (χ2n) is 9.02. The molecule has 0 aromatic heterocycles. The highest BCUT2D eigenvalue weighted by molar-refractivity contribution is 7.89. The van der Waals surface area contributed by atoms with Crippen LogP contribution in [0, 0.1) is 11.8 Å². The zero-order chi connectivity index (χ0) is 23.4. The predicted molar refractivity (Wildman–Crippen MR) is 131 cm³/mol. The fourth-order valence-corrected chi connectivity index (χ4v) is 6.73. The summed E-state index contributed by atoms with van der Waals surface area (Å²) in [6, 6.07) is 12.3. The minimum absolute atomic E-state index is 0.300. The van der Waals surface area contributed by atoms with Crippen LogP contribution >= 0.6 is 11.6 Å². The summed E-state index contributed by atoms with van der Waals surface area (Å²) in [5, 5.41) is 0.500. The first-order valence-corrected chi connectivity index (χ1v) is 13.4. The molecule has 0 atom stereocenters. The van der Waals surface area contributed by atoms with Gasteiger partial charge in [-0.1, -0.05) is 17.7 Å². The molecule has 0 amide bonds. The molecule has 4 rings (SSSR count). The van der Waals surface area contributed by atoms with Crippen molar-refractivity contribution in [3.8, 4) is 5.75 Å². The Hall–Kier alpha value is -2.09. The normalized spacial score (nSPS) is 18.9. The standard InChI is InChI=1S/C25H31ClN2O4S/c1-32-23-3-2-4-24(17-23)33(30,31)28-13-9-20(10-14-28)15-19-7-11-27(12-8-19)22-6-5-21(18-29)25(26)16-22/h2-6,16-20H,7-15H2,1H3. The van der Waals surface area contributed by atoms with E-state index in [4.69, 9.17) is 16.3 Å². The Morgan fingerprint density at radius 1 is 1.00 bits per heavy atom. The van der Waals surface area contributed by atoms with E-state index in [1.54, 1.807) is 41.7 Å². The van der Waals surface area contributed by atoms with Crippen LogP contribution in [0.4, 0.5) is 5.69 Å². The summed E-state index contributed by atoms with van der Waals surface area (Å²) in [7, 11) is -1.94. The van der Waals surface area contributed by atoms with Crippen LogP contribution in [-0.4, -0.2) is 52.3 Å². The van der Waals surface area contributed by atoms with Gasteiger partial charge in [0.05, 0.1) is 17.0 Å². The Balaban J connectivity index is 1.27. The van der Waals surface area contributed by atoms with Gasteiger partial charge in [-0.2, -0.15) is 4.31 Å². The van der Waals surface area contributed by atoms with Crippen molar-refractivity contribution in [2.45, 2.75) is 37.0 Å². The number of benzene rings is 2. The summed E-state index contributed by atoms with van der Waals surface area (Å²) in [6.45, 7) is 3.10. The molecule has 0 spiro atoms. The van der Waals surface area contributed by atoms with Crippen molar-refractivity contribution >= 4 is 33.6 Å². The molecule has 8 heteroatoms.